The Hall–Kier alpha value is -0.340. The third-order valence-corrected chi connectivity index (χ3v) is 6.22. The lowest BCUT2D eigenvalue weighted by molar-refractivity contribution is -0.124. The van der Waals surface area contributed by atoms with Crippen LogP contribution in [0, 0.1) is 17.8 Å². The van der Waals surface area contributed by atoms with Crippen molar-refractivity contribution >= 4 is 33.3 Å². The molecule has 2 aliphatic rings. The van der Waals surface area contributed by atoms with E-state index in [-0.39, 0.29) is 5.92 Å². The van der Waals surface area contributed by atoms with Gasteiger partial charge in [0, 0.05) is 21.8 Å². The van der Waals surface area contributed by atoms with Gasteiger partial charge in [-0.1, -0.05) is 59.3 Å². The van der Waals surface area contributed by atoms with Crippen molar-refractivity contribution in [3.8, 4) is 0 Å². The van der Waals surface area contributed by atoms with Crippen molar-refractivity contribution in [3.63, 3.8) is 0 Å². The van der Waals surface area contributed by atoms with Gasteiger partial charge in [0.1, 0.15) is 5.78 Å². The number of halogens is 2. The van der Waals surface area contributed by atoms with Crippen molar-refractivity contribution in [1.29, 1.82) is 0 Å². The molecule has 0 amide bonds. The summed E-state index contributed by atoms with van der Waals surface area (Å²) < 4.78 is 0.964. The molecule has 3 atom stereocenters. The van der Waals surface area contributed by atoms with Gasteiger partial charge in [0.2, 0.25) is 0 Å². The van der Waals surface area contributed by atoms with E-state index in [0.29, 0.717) is 17.2 Å². The molecular formula is C18H22BrClO. The van der Waals surface area contributed by atoms with Crippen molar-refractivity contribution in [2.24, 2.45) is 17.8 Å². The van der Waals surface area contributed by atoms with Gasteiger partial charge in [0.25, 0.3) is 0 Å². The lowest BCUT2D eigenvalue weighted by atomic mass is 9.66. The summed E-state index contributed by atoms with van der Waals surface area (Å²) in [5.74, 6) is 2.37. The van der Waals surface area contributed by atoms with Crippen LogP contribution < -0.4 is 0 Å². The predicted molar refractivity (Wildman–Crippen MR) is 90.7 cm³/mol. The summed E-state index contributed by atoms with van der Waals surface area (Å²) in [5.41, 5.74) is 0.968. The molecule has 1 nitrogen and oxygen atoms in total. The largest absolute Gasteiger partial charge is 0.299 e. The fourth-order valence-corrected chi connectivity index (χ4v) is 4.90. The monoisotopic (exact) mass is 368 g/mol. The van der Waals surface area contributed by atoms with E-state index >= 15 is 0 Å². The summed E-state index contributed by atoms with van der Waals surface area (Å²) in [6.45, 7) is 0. The number of Topliss-reactive ketones (excluding diaryl/α,β-unsaturated/α-hetero) is 1. The van der Waals surface area contributed by atoms with Gasteiger partial charge in [0.15, 0.2) is 0 Å². The first kappa shape index (κ1) is 15.6. The molecule has 3 unspecified atom stereocenters. The van der Waals surface area contributed by atoms with Gasteiger partial charge in [-0.15, -0.1) is 0 Å². The van der Waals surface area contributed by atoms with Crippen LogP contribution >= 0.6 is 27.5 Å². The molecule has 0 bridgehead atoms. The molecule has 0 N–H and O–H groups in total. The minimum absolute atomic E-state index is 0.268. The lowest BCUT2D eigenvalue weighted by Gasteiger charge is -2.38. The average Bonchev–Trinajstić information content (AvgIpc) is 2.49. The molecule has 1 aromatic carbocycles. The van der Waals surface area contributed by atoms with Crippen LogP contribution in [0.5, 0.6) is 0 Å². The minimum atomic E-state index is 0.268. The van der Waals surface area contributed by atoms with Crippen molar-refractivity contribution in [2.75, 3.05) is 0 Å². The van der Waals surface area contributed by atoms with Gasteiger partial charge in [-0.2, -0.15) is 0 Å². The molecule has 21 heavy (non-hydrogen) atoms. The summed E-state index contributed by atoms with van der Waals surface area (Å²) in [6, 6.07) is 5.81. The van der Waals surface area contributed by atoms with Crippen molar-refractivity contribution in [2.45, 2.75) is 51.4 Å². The van der Waals surface area contributed by atoms with Gasteiger partial charge < -0.3 is 0 Å². The van der Waals surface area contributed by atoms with Gasteiger partial charge in [-0.25, -0.2) is 0 Å². The Balaban J connectivity index is 1.63. The first-order valence-electron chi connectivity index (χ1n) is 8.10. The maximum Gasteiger partial charge on any atom is 0.140 e. The van der Waals surface area contributed by atoms with E-state index in [1.165, 1.54) is 32.1 Å². The van der Waals surface area contributed by atoms with E-state index in [4.69, 9.17) is 11.6 Å². The highest BCUT2D eigenvalue weighted by Gasteiger charge is 2.34. The average molecular weight is 370 g/mol. The Morgan fingerprint density at radius 2 is 1.90 bits per heavy atom. The quantitative estimate of drug-likeness (QED) is 0.656. The Morgan fingerprint density at radius 3 is 2.67 bits per heavy atom. The van der Waals surface area contributed by atoms with Crippen LogP contribution in [0.3, 0.4) is 0 Å². The molecule has 0 heterocycles. The highest BCUT2D eigenvalue weighted by atomic mass is 79.9. The van der Waals surface area contributed by atoms with Gasteiger partial charge in [0.05, 0.1) is 0 Å². The third kappa shape index (κ3) is 3.71. The van der Waals surface area contributed by atoms with E-state index in [2.05, 4.69) is 15.9 Å². The normalized spacial score (nSPS) is 29.0. The highest BCUT2D eigenvalue weighted by Crippen LogP contribution is 2.43. The standard InChI is InChI=1S/C18H22BrClO/c19-16-8-7-14(17(20)11-16)10-18(21)15-6-5-12-3-1-2-4-13(12)9-15/h7-8,11-13,15H,1-6,9-10H2. The number of carbonyl (C=O) groups is 1. The van der Waals surface area contributed by atoms with Crippen LogP contribution in [0.15, 0.2) is 22.7 Å². The van der Waals surface area contributed by atoms with Crippen LogP contribution in [-0.4, -0.2) is 5.78 Å². The molecule has 2 fully saturated rings. The van der Waals surface area contributed by atoms with Crippen LogP contribution in [-0.2, 0) is 11.2 Å². The molecule has 0 aromatic heterocycles. The van der Waals surface area contributed by atoms with Crippen molar-refractivity contribution < 1.29 is 4.79 Å². The van der Waals surface area contributed by atoms with E-state index in [9.17, 15) is 4.79 Å². The van der Waals surface area contributed by atoms with E-state index in [1.807, 2.05) is 18.2 Å². The Labute approximate surface area is 140 Å². The number of benzene rings is 1. The molecule has 1 aromatic rings. The molecule has 0 aliphatic heterocycles. The topological polar surface area (TPSA) is 17.1 Å². The zero-order valence-electron chi connectivity index (χ0n) is 12.3. The molecule has 2 aliphatic carbocycles. The second-order valence-electron chi connectivity index (χ2n) is 6.69. The summed E-state index contributed by atoms with van der Waals surface area (Å²) in [5, 5.41) is 0.698. The smallest absolute Gasteiger partial charge is 0.140 e. The van der Waals surface area contributed by atoms with E-state index < -0.39 is 0 Å². The van der Waals surface area contributed by atoms with Crippen LogP contribution in [0.2, 0.25) is 5.02 Å². The Kier molecular flexibility index (Phi) is 5.06. The van der Waals surface area contributed by atoms with Gasteiger partial charge in [-0.05, 0) is 48.8 Å². The Morgan fingerprint density at radius 1 is 1.14 bits per heavy atom. The van der Waals surface area contributed by atoms with Crippen molar-refractivity contribution in [3.05, 3.63) is 33.3 Å². The van der Waals surface area contributed by atoms with Crippen LogP contribution in [0.1, 0.15) is 50.5 Å². The second-order valence-corrected chi connectivity index (χ2v) is 8.02. The minimum Gasteiger partial charge on any atom is -0.299 e. The fraction of sp³-hybridized carbons (Fsp3) is 0.611. The molecule has 3 rings (SSSR count). The molecule has 2 saturated carbocycles. The summed E-state index contributed by atoms with van der Waals surface area (Å²) >= 11 is 9.65. The number of fused-ring (bicyclic) bond motifs is 1. The zero-order chi connectivity index (χ0) is 14.8. The van der Waals surface area contributed by atoms with Crippen LogP contribution in [0.25, 0.3) is 0 Å². The molecule has 3 heteroatoms. The Bertz CT molecular complexity index is 528. The van der Waals surface area contributed by atoms with E-state index in [1.54, 1.807) is 0 Å². The maximum absolute atomic E-state index is 12.6. The maximum atomic E-state index is 12.6. The van der Waals surface area contributed by atoms with Crippen molar-refractivity contribution in [1.82, 2.24) is 0 Å². The summed E-state index contributed by atoms with van der Waals surface area (Å²) in [4.78, 5) is 12.6. The summed E-state index contributed by atoms with van der Waals surface area (Å²) in [6.07, 6.45) is 9.46. The molecule has 0 spiro atoms. The molecule has 0 radical (unpaired) electrons. The molecule has 0 saturated heterocycles. The number of rotatable bonds is 3. The first-order chi connectivity index (χ1) is 10.1. The molecule has 114 valence electrons. The lowest BCUT2D eigenvalue weighted by Crippen LogP contribution is -2.31. The number of hydrogen-bond acceptors (Lipinski definition) is 1. The zero-order valence-corrected chi connectivity index (χ0v) is 14.6. The molecular weight excluding hydrogens is 348 g/mol. The SMILES string of the molecule is O=C(Cc1ccc(Br)cc1Cl)C1CCC2CCCCC2C1. The highest BCUT2D eigenvalue weighted by molar-refractivity contribution is 9.10. The number of ketones is 1. The van der Waals surface area contributed by atoms with E-state index in [0.717, 1.165) is 34.7 Å². The van der Waals surface area contributed by atoms with Gasteiger partial charge >= 0.3 is 0 Å². The summed E-state index contributed by atoms with van der Waals surface area (Å²) in [7, 11) is 0. The van der Waals surface area contributed by atoms with Crippen LogP contribution in [0.4, 0.5) is 0 Å². The third-order valence-electron chi connectivity index (χ3n) is 5.37. The number of carbonyl (C=O) groups excluding carboxylic acids is 1. The fourth-order valence-electron chi connectivity index (χ4n) is 4.16. The predicted octanol–water partition coefficient (Wildman–Crippen LogP) is 5.82. The first-order valence-corrected chi connectivity index (χ1v) is 9.27. The second kappa shape index (κ2) is 6.83. The number of hydrogen-bond donors (Lipinski definition) is 0. The van der Waals surface area contributed by atoms with Gasteiger partial charge in [-0.3, -0.25) is 4.79 Å².